The van der Waals surface area contributed by atoms with Crippen LogP contribution in [0, 0.1) is 11.3 Å². The normalized spacial score (nSPS) is 10.5. The van der Waals surface area contributed by atoms with E-state index in [0.717, 1.165) is 25.2 Å². The zero-order valence-electron chi connectivity index (χ0n) is 19.0. The summed E-state index contributed by atoms with van der Waals surface area (Å²) in [6.07, 6.45) is 0.168. The molecule has 0 aliphatic rings. The van der Waals surface area contributed by atoms with Crippen LogP contribution in [0.3, 0.4) is 0 Å². The molecule has 0 radical (unpaired) electrons. The molecule has 0 aliphatic carbocycles. The fourth-order valence-electron chi connectivity index (χ4n) is 3.19. The van der Waals surface area contributed by atoms with Crippen LogP contribution >= 0.6 is 0 Å². The van der Waals surface area contributed by atoms with Crippen molar-refractivity contribution >= 4 is 17.6 Å². The highest BCUT2D eigenvalue weighted by atomic mass is 16.5. The first-order valence-electron chi connectivity index (χ1n) is 10.9. The lowest BCUT2D eigenvalue weighted by atomic mass is 10.1. The van der Waals surface area contributed by atoms with Crippen molar-refractivity contribution in [2.75, 3.05) is 37.7 Å². The van der Waals surface area contributed by atoms with Gasteiger partial charge in [0, 0.05) is 18.8 Å². The van der Waals surface area contributed by atoms with Crippen molar-refractivity contribution < 1.29 is 19.1 Å². The lowest BCUT2D eigenvalue weighted by Gasteiger charge is -2.22. The van der Waals surface area contributed by atoms with Crippen molar-refractivity contribution in [1.82, 2.24) is 4.90 Å². The molecule has 0 heterocycles. The summed E-state index contributed by atoms with van der Waals surface area (Å²) in [6.45, 7) is 9.19. The van der Waals surface area contributed by atoms with Crippen molar-refractivity contribution in [3.8, 4) is 11.8 Å². The number of benzene rings is 2. The van der Waals surface area contributed by atoms with Crippen LogP contribution in [0.25, 0.3) is 0 Å². The summed E-state index contributed by atoms with van der Waals surface area (Å²) in [4.78, 5) is 28.9. The molecule has 2 aromatic rings. The van der Waals surface area contributed by atoms with E-state index in [1.165, 1.54) is 4.90 Å². The maximum Gasteiger partial charge on any atom is 0.338 e. The summed E-state index contributed by atoms with van der Waals surface area (Å²) < 4.78 is 10.7. The van der Waals surface area contributed by atoms with Crippen molar-refractivity contribution in [2.45, 2.75) is 33.7 Å². The van der Waals surface area contributed by atoms with Gasteiger partial charge in [0.25, 0.3) is 5.91 Å². The van der Waals surface area contributed by atoms with Crippen LogP contribution in [0.15, 0.2) is 48.5 Å². The molecule has 1 amide bonds. The molecule has 0 unspecified atom stereocenters. The number of amides is 1. The number of nitriles is 1. The van der Waals surface area contributed by atoms with Gasteiger partial charge in [-0.1, -0.05) is 26.0 Å². The number of nitrogens with zero attached hydrogens (tertiary/aromatic N) is 3. The smallest absolute Gasteiger partial charge is 0.338 e. The number of carbonyl (C=O) groups excluding carboxylic acids is 2. The van der Waals surface area contributed by atoms with Gasteiger partial charge in [-0.3, -0.25) is 9.69 Å². The maximum absolute atomic E-state index is 12.7. The van der Waals surface area contributed by atoms with Crippen LogP contribution in [0.5, 0.6) is 5.75 Å². The first kappa shape index (κ1) is 24.9. The lowest BCUT2D eigenvalue weighted by Crippen LogP contribution is -2.35. The molecular weight excluding hydrogens is 406 g/mol. The third-order valence-corrected chi connectivity index (χ3v) is 5.02. The molecule has 0 spiro atoms. The zero-order chi connectivity index (χ0) is 23.3. The molecule has 170 valence electrons. The Morgan fingerprint density at radius 2 is 1.62 bits per heavy atom. The van der Waals surface area contributed by atoms with E-state index < -0.39 is 18.5 Å². The third-order valence-electron chi connectivity index (χ3n) is 5.02. The molecular formula is C25H31N3O4. The quantitative estimate of drug-likeness (QED) is 0.466. The van der Waals surface area contributed by atoms with Crippen molar-refractivity contribution in [1.29, 1.82) is 5.26 Å². The predicted molar refractivity (Wildman–Crippen MR) is 124 cm³/mol. The van der Waals surface area contributed by atoms with Gasteiger partial charge in [0.2, 0.25) is 0 Å². The van der Waals surface area contributed by atoms with E-state index in [1.807, 2.05) is 25.1 Å². The second-order valence-corrected chi connectivity index (χ2v) is 7.11. The molecule has 7 heteroatoms. The first-order chi connectivity index (χ1) is 15.5. The van der Waals surface area contributed by atoms with Crippen molar-refractivity contribution in [3.63, 3.8) is 0 Å². The van der Waals surface area contributed by atoms with Gasteiger partial charge in [-0.2, -0.15) is 5.26 Å². The maximum atomic E-state index is 12.7. The Balaban J connectivity index is 1.99. The number of esters is 1. The summed E-state index contributed by atoms with van der Waals surface area (Å²) >= 11 is 0. The van der Waals surface area contributed by atoms with E-state index >= 15 is 0 Å². The number of anilines is 1. The Labute approximate surface area is 190 Å². The summed E-state index contributed by atoms with van der Waals surface area (Å²) in [5.74, 6) is -0.254. The number of ether oxygens (including phenoxy) is 2. The molecule has 0 fully saturated rings. The molecule has 0 bridgehead atoms. The summed E-state index contributed by atoms with van der Waals surface area (Å²) in [5.41, 5.74) is 2.12. The van der Waals surface area contributed by atoms with Gasteiger partial charge < -0.3 is 14.4 Å². The summed E-state index contributed by atoms with van der Waals surface area (Å²) in [7, 11) is 0. The Hall–Kier alpha value is -3.37. The van der Waals surface area contributed by atoms with Crippen LogP contribution in [-0.4, -0.2) is 49.6 Å². The fraction of sp³-hybridized carbons (Fsp3) is 0.400. The minimum absolute atomic E-state index is 0.168. The number of carbonyl (C=O) groups is 2. The molecule has 0 atom stereocenters. The van der Waals surface area contributed by atoms with E-state index in [9.17, 15) is 9.59 Å². The van der Waals surface area contributed by atoms with Gasteiger partial charge in [0.1, 0.15) is 5.75 Å². The monoisotopic (exact) mass is 437 g/mol. The standard InChI is InChI=1S/C25H31N3O4/c1-4-27(5-2)18-20-8-10-21(11-9-20)25(30)32-19-24(29)28(17-7-16-26)22-12-14-23(15-13-22)31-6-3/h8-15H,4-7,17-19H2,1-3H3. The molecule has 2 rings (SSSR count). The van der Waals surface area contributed by atoms with Crippen LogP contribution in [0.4, 0.5) is 5.69 Å². The lowest BCUT2D eigenvalue weighted by molar-refractivity contribution is -0.121. The predicted octanol–water partition coefficient (Wildman–Crippen LogP) is 4.03. The highest BCUT2D eigenvalue weighted by Crippen LogP contribution is 2.20. The summed E-state index contributed by atoms with van der Waals surface area (Å²) in [6, 6.07) is 16.3. The second kappa shape index (κ2) is 13.1. The zero-order valence-corrected chi connectivity index (χ0v) is 19.0. The van der Waals surface area contributed by atoms with Crippen molar-refractivity contribution in [3.05, 3.63) is 59.7 Å². The first-order valence-corrected chi connectivity index (χ1v) is 10.9. The molecule has 0 aromatic heterocycles. The van der Waals surface area contributed by atoms with E-state index in [2.05, 4.69) is 18.7 Å². The van der Waals surface area contributed by atoms with Gasteiger partial charge >= 0.3 is 5.97 Å². The van der Waals surface area contributed by atoms with Gasteiger partial charge in [-0.25, -0.2) is 4.79 Å². The Kier molecular flexibility index (Phi) is 10.2. The minimum Gasteiger partial charge on any atom is -0.494 e. The van der Waals surface area contributed by atoms with Gasteiger partial charge in [-0.05, 0) is 62.0 Å². The van der Waals surface area contributed by atoms with Crippen LogP contribution < -0.4 is 9.64 Å². The highest BCUT2D eigenvalue weighted by molar-refractivity contribution is 5.97. The number of rotatable bonds is 12. The summed E-state index contributed by atoms with van der Waals surface area (Å²) in [5, 5.41) is 8.94. The molecule has 0 saturated heterocycles. The average molecular weight is 438 g/mol. The average Bonchev–Trinajstić information content (AvgIpc) is 2.82. The Morgan fingerprint density at radius 3 is 2.19 bits per heavy atom. The molecule has 2 aromatic carbocycles. The Morgan fingerprint density at radius 1 is 0.969 bits per heavy atom. The Bertz CT molecular complexity index is 900. The van der Waals surface area contributed by atoms with Crippen LogP contribution in [0.2, 0.25) is 0 Å². The third kappa shape index (κ3) is 7.40. The van der Waals surface area contributed by atoms with Crippen molar-refractivity contribution in [2.24, 2.45) is 0 Å². The van der Waals surface area contributed by atoms with Gasteiger partial charge in [-0.15, -0.1) is 0 Å². The molecule has 7 nitrogen and oxygen atoms in total. The van der Waals surface area contributed by atoms with Gasteiger partial charge in [0.05, 0.1) is 24.7 Å². The number of hydrogen-bond acceptors (Lipinski definition) is 6. The van der Waals surface area contributed by atoms with Crippen LogP contribution in [-0.2, 0) is 16.1 Å². The SMILES string of the molecule is CCOc1ccc(N(CCC#N)C(=O)COC(=O)c2ccc(CN(CC)CC)cc2)cc1. The molecule has 0 saturated carbocycles. The van der Waals surface area contributed by atoms with E-state index in [0.29, 0.717) is 23.6 Å². The van der Waals surface area contributed by atoms with E-state index in [4.69, 9.17) is 14.7 Å². The largest absolute Gasteiger partial charge is 0.494 e. The van der Waals surface area contributed by atoms with Crippen LogP contribution in [0.1, 0.15) is 43.1 Å². The highest BCUT2D eigenvalue weighted by Gasteiger charge is 2.18. The van der Waals surface area contributed by atoms with E-state index in [-0.39, 0.29) is 13.0 Å². The molecule has 32 heavy (non-hydrogen) atoms. The second-order valence-electron chi connectivity index (χ2n) is 7.11. The minimum atomic E-state index is -0.556. The van der Waals surface area contributed by atoms with Gasteiger partial charge in [0.15, 0.2) is 6.61 Å². The van der Waals surface area contributed by atoms with E-state index in [1.54, 1.807) is 36.4 Å². The topological polar surface area (TPSA) is 82.9 Å². The molecule has 0 aliphatic heterocycles. The number of hydrogen-bond donors (Lipinski definition) is 0. The molecule has 0 N–H and O–H groups in total. The fourth-order valence-corrected chi connectivity index (χ4v) is 3.19.